The molecule has 2 N–H and O–H groups in total. The van der Waals surface area contributed by atoms with Crippen LogP contribution in [-0.4, -0.2) is 51.6 Å². The summed E-state index contributed by atoms with van der Waals surface area (Å²) in [5.41, 5.74) is 4.16. The Labute approximate surface area is 190 Å². The molecule has 0 spiro atoms. The fraction of sp³-hybridized carbons (Fsp3) is 0.364. The summed E-state index contributed by atoms with van der Waals surface area (Å²) in [6, 6.07) is 16.1. The smallest absolute Gasteiger partial charge is 0.253 e. The van der Waals surface area contributed by atoms with Gasteiger partial charge in [0, 0.05) is 46.9 Å². The number of benzene rings is 2. The fourth-order valence-electron chi connectivity index (χ4n) is 2.77. The van der Waals surface area contributed by atoms with Crippen molar-refractivity contribution in [3.8, 4) is 0 Å². The number of aliphatic imine (C=N–C) groups is 1. The number of hydrogen-bond donors (Lipinski definition) is 2. The van der Waals surface area contributed by atoms with E-state index < -0.39 is 0 Å². The number of rotatable bonds is 8. The van der Waals surface area contributed by atoms with Gasteiger partial charge in [-0.15, -0.1) is 24.0 Å². The highest BCUT2D eigenvalue weighted by molar-refractivity contribution is 14.0. The third-order valence-electron chi connectivity index (χ3n) is 4.30. The molecule has 0 saturated carbocycles. The normalized spacial score (nSPS) is 10.8. The second-order valence-corrected chi connectivity index (χ2v) is 6.75. The quantitative estimate of drug-likeness (QED) is 0.326. The van der Waals surface area contributed by atoms with Crippen molar-refractivity contribution in [1.82, 2.24) is 15.5 Å². The predicted molar refractivity (Wildman–Crippen MR) is 129 cm³/mol. The number of carbonyl (C=O) groups excluding carboxylic acids is 1. The summed E-state index contributed by atoms with van der Waals surface area (Å²) in [5, 5.41) is 6.63. The second kappa shape index (κ2) is 13.2. The number of halogens is 1. The molecule has 1 amide bonds. The maximum absolute atomic E-state index is 12.1. The predicted octanol–water partition coefficient (Wildman–Crippen LogP) is 3.06. The molecule has 0 radical (unpaired) electrons. The first kappa shape index (κ1) is 24.9. The van der Waals surface area contributed by atoms with Crippen LogP contribution in [0.25, 0.3) is 0 Å². The number of guanidine groups is 1. The van der Waals surface area contributed by atoms with E-state index in [-0.39, 0.29) is 29.9 Å². The molecule has 0 unspecified atom stereocenters. The first-order valence-electron chi connectivity index (χ1n) is 9.35. The highest BCUT2D eigenvalue weighted by atomic mass is 127. The van der Waals surface area contributed by atoms with Crippen LogP contribution in [0.1, 0.15) is 27.0 Å². The van der Waals surface area contributed by atoms with Gasteiger partial charge in [0.2, 0.25) is 0 Å². The van der Waals surface area contributed by atoms with Gasteiger partial charge in [0.05, 0.1) is 6.61 Å². The van der Waals surface area contributed by atoms with Gasteiger partial charge in [-0.3, -0.25) is 9.79 Å². The summed E-state index contributed by atoms with van der Waals surface area (Å²) in [6.45, 7) is 2.05. The van der Waals surface area contributed by atoms with Crippen LogP contribution in [0.15, 0.2) is 53.5 Å². The van der Waals surface area contributed by atoms with E-state index in [1.165, 1.54) is 5.56 Å². The minimum Gasteiger partial charge on any atom is -0.380 e. The average molecular weight is 510 g/mol. The number of nitrogens with zero attached hydrogens (tertiary/aromatic N) is 2. The molecular weight excluding hydrogens is 479 g/mol. The summed E-state index contributed by atoms with van der Waals surface area (Å²) in [4.78, 5) is 17.9. The SMILES string of the molecule is CN=C(NCCc1cccc(C(=O)N(C)C)c1)NCc1ccc(COC)cc1.I. The van der Waals surface area contributed by atoms with Crippen molar-refractivity contribution in [3.05, 3.63) is 70.8 Å². The van der Waals surface area contributed by atoms with Crippen LogP contribution in [0.4, 0.5) is 0 Å². The van der Waals surface area contributed by atoms with E-state index in [1.54, 1.807) is 33.2 Å². The van der Waals surface area contributed by atoms with Crippen molar-refractivity contribution in [3.63, 3.8) is 0 Å². The highest BCUT2D eigenvalue weighted by Crippen LogP contribution is 2.08. The second-order valence-electron chi connectivity index (χ2n) is 6.75. The number of nitrogens with one attached hydrogen (secondary N) is 2. The molecule has 0 aliphatic rings. The van der Waals surface area contributed by atoms with Crippen LogP contribution in [0.3, 0.4) is 0 Å². The molecular formula is C22H31IN4O2. The van der Waals surface area contributed by atoms with Gasteiger partial charge in [-0.25, -0.2) is 0 Å². The zero-order valence-electron chi connectivity index (χ0n) is 17.6. The number of carbonyl (C=O) groups is 1. The van der Waals surface area contributed by atoms with Crippen LogP contribution < -0.4 is 10.6 Å². The third-order valence-corrected chi connectivity index (χ3v) is 4.30. The van der Waals surface area contributed by atoms with Gasteiger partial charge in [-0.2, -0.15) is 0 Å². The number of methoxy groups -OCH3 is 1. The Hall–Kier alpha value is -2.13. The van der Waals surface area contributed by atoms with E-state index in [1.807, 2.05) is 24.3 Å². The van der Waals surface area contributed by atoms with Gasteiger partial charge < -0.3 is 20.3 Å². The molecule has 2 aromatic rings. The Morgan fingerprint density at radius 2 is 1.72 bits per heavy atom. The van der Waals surface area contributed by atoms with Gasteiger partial charge in [0.1, 0.15) is 0 Å². The van der Waals surface area contributed by atoms with Gasteiger partial charge >= 0.3 is 0 Å². The maximum Gasteiger partial charge on any atom is 0.253 e. The lowest BCUT2D eigenvalue weighted by Gasteiger charge is -2.13. The monoisotopic (exact) mass is 510 g/mol. The summed E-state index contributed by atoms with van der Waals surface area (Å²) in [7, 11) is 6.98. The molecule has 158 valence electrons. The largest absolute Gasteiger partial charge is 0.380 e. The van der Waals surface area contributed by atoms with Crippen molar-refractivity contribution in [2.24, 2.45) is 4.99 Å². The molecule has 0 fully saturated rings. The molecule has 6 nitrogen and oxygen atoms in total. The lowest BCUT2D eigenvalue weighted by atomic mass is 10.1. The minimum atomic E-state index is 0. The Balaban J connectivity index is 0.00000420. The van der Waals surface area contributed by atoms with Crippen LogP contribution in [0.5, 0.6) is 0 Å². The standard InChI is InChI=1S/C22H30N4O2.HI/c1-23-22(25-15-18-8-10-19(11-9-18)16-28-4)24-13-12-17-6-5-7-20(14-17)21(27)26(2)3;/h5-11,14H,12-13,15-16H2,1-4H3,(H2,23,24,25);1H. The molecule has 29 heavy (non-hydrogen) atoms. The average Bonchev–Trinajstić information content (AvgIpc) is 2.71. The Morgan fingerprint density at radius 1 is 1.03 bits per heavy atom. The minimum absolute atomic E-state index is 0. The highest BCUT2D eigenvalue weighted by Gasteiger charge is 2.08. The van der Waals surface area contributed by atoms with Crippen molar-refractivity contribution in [1.29, 1.82) is 0 Å². The van der Waals surface area contributed by atoms with Gasteiger partial charge in [0.15, 0.2) is 5.96 Å². The van der Waals surface area contributed by atoms with Crippen molar-refractivity contribution in [2.75, 3.05) is 34.8 Å². The van der Waals surface area contributed by atoms with Crippen LogP contribution in [0.2, 0.25) is 0 Å². The van der Waals surface area contributed by atoms with E-state index in [0.29, 0.717) is 18.7 Å². The van der Waals surface area contributed by atoms with E-state index in [2.05, 4.69) is 39.9 Å². The molecule has 0 aliphatic carbocycles. The summed E-state index contributed by atoms with van der Waals surface area (Å²) in [6.07, 6.45) is 0.807. The molecule has 7 heteroatoms. The van der Waals surface area contributed by atoms with E-state index in [0.717, 1.165) is 30.1 Å². The van der Waals surface area contributed by atoms with Crippen LogP contribution in [0, 0.1) is 0 Å². The lowest BCUT2D eigenvalue weighted by molar-refractivity contribution is 0.0827. The summed E-state index contributed by atoms with van der Waals surface area (Å²) in [5.74, 6) is 0.769. The molecule has 2 aromatic carbocycles. The molecule has 0 bridgehead atoms. The molecule has 0 saturated heterocycles. The number of amides is 1. The lowest BCUT2D eigenvalue weighted by Crippen LogP contribution is -2.37. The first-order chi connectivity index (χ1) is 13.5. The Kier molecular flexibility index (Phi) is 11.3. The van der Waals surface area contributed by atoms with Gasteiger partial charge in [-0.1, -0.05) is 36.4 Å². The maximum atomic E-state index is 12.1. The van der Waals surface area contributed by atoms with E-state index in [9.17, 15) is 4.79 Å². The first-order valence-corrected chi connectivity index (χ1v) is 9.35. The van der Waals surface area contributed by atoms with Crippen LogP contribution >= 0.6 is 24.0 Å². The summed E-state index contributed by atoms with van der Waals surface area (Å²) < 4.78 is 5.13. The molecule has 0 atom stereocenters. The fourth-order valence-corrected chi connectivity index (χ4v) is 2.77. The topological polar surface area (TPSA) is 66.0 Å². The van der Waals surface area contributed by atoms with Crippen molar-refractivity contribution >= 4 is 35.8 Å². The number of ether oxygens (including phenoxy) is 1. The zero-order chi connectivity index (χ0) is 20.4. The van der Waals surface area contributed by atoms with Crippen molar-refractivity contribution < 1.29 is 9.53 Å². The molecule has 2 rings (SSSR count). The summed E-state index contributed by atoms with van der Waals surface area (Å²) >= 11 is 0. The zero-order valence-corrected chi connectivity index (χ0v) is 19.9. The van der Waals surface area contributed by atoms with Gasteiger partial charge in [0.25, 0.3) is 5.91 Å². The molecule has 0 aromatic heterocycles. The van der Waals surface area contributed by atoms with Crippen LogP contribution in [-0.2, 0) is 24.3 Å². The van der Waals surface area contributed by atoms with Gasteiger partial charge in [-0.05, 0) is 35.2 Å². The third kappa shape index (κ3) is 8.41. The molecule has 0 heterocycles. The number of hydrogen-bond acceptors (Lipinski definition) is 3. The Bertz CT molecular complexity index is 792. The molecule has 0 aliphatic heterocycles. The van der Waals surface area contributed by atoms with E-state index >= 15 is 0 Å². The Morgan fingerprint density at radius 3 is 2.34 bits per heavy atom. The van der Waals surface area contributed by atoms with Crippen molar-refractivity contribution in [2.45, 2.75) is 19.6 Å². The van der Waals surface area contributed by atoms with E-state index in [4.69, 9.17) is 4.74 Å².